The smallest absolute Gasteiger partial charge is 0.312 e. The van der Waals surface area contributed by atoms with Crippen molar-refractivity contribution in [3.8, 4) is 5.75 Å². The average Bonchev–Trinajstić information content (AvgIpc) is 2.42. The fraction of sp³-hybridized carbons (Fsp3) is 0. The summed E-state index contributed by atoms with van der Waals surface area (Å²) in [4.78, 5) is 9.28. The van der Waals surface area contributed by atoms with E-state index in [1.165, 1.54) is 6.07 Å². The first kappa shape index (κ1) is 16.0. The number of nitro groups is 1. The summed E-state index contributed by atoms with van der Waals surface area (Å²) < 4.78 is 39.8. The van der Waals surface area contributed by atoms with Crippen molar-refractivity contribution in [2.75, 3.05) is 4.72 Å². The Balaban J connectivity index is 2.42. The quantitative estimate of drug-likeness (QED) is 0.653. The summed E-state index contributed by atoms with van der Waals surface area (Å²) in [5, 5.41) is 20.1. The van der Waals surface area contributed by atoms with Crippen molar-refractivity contribution in [2.24, 2.45) is 0 Å². The second-order valence-corrected chi connectivity index (χ2v) is 6.26. The van der Waals surface area contributed by atoms with E-state index in [1.807, 2.05) is 4.72 Å². The highest BCUT2D eigenvalue weighted by molar-refractivity contribution is 7.92. The molecule has 0 saturated carbocycles. The van der Waals surface area contributed by atoms with Gasteiger partial charge >= 0.3 is 5.69 Å². The fourth-order valence-electron chi connectivity index (χ4n) is 1.59. The van der Waals surface area contributed by atoms with Crippen LogP contribution in [0.1, 0.15) is 0 Å². The molecule has 0 bridgehead atoms. The molecule has 0 spiro atoms. The minimum Gasteiger partial charge on any atom is -0.502 e. The van der Waals surface area contributed by atoms with E-state index in [0.29, 0.717) is 6.07 Å². The molecule has 0 atom stereocenters. The Kier molecular flexibility index (Phi) is 4.20. The zero-order chi connectivity index (χ0) is 16.5. The van der Waals surface area contributed by atoms with E-state index in [0.717, 1.165) is 24.3 Å². The average molecular weight is 347 g/mol. The van der Waals surface area contributed by atoms with Gasteiger partial charge in [0.2, 0.25) is 0 Å². The molecule has 2 aromatic rings. The molecule has 2 rings (SSSR count). The predicted octanol–water partition coefficient (Wildman–Crippen LogP) is 2.89. The van der Waals surface area contributed by atoms with Gasteiger partial charge in [-0.2, -0.15) is 0 Å². The summed E-state index contributed by atoms with van der Waals surface area (Å²) in [7, 11) is -4.27. The summed E-state index contributed by atoms with van der Waals surface area (Å²) in [5.41, 5.74) is -1.14. The molecule has 0 aliphatic heterocycles. The molecule has 116 valence electrons. The van der Waals surface area contributed by atoms with Crippen LogP contribution in [0.25, 0.3) is 0 Å². The first-order valence-electron chi connectivity index (χ1n) is 5.66. The largest absolute Gasteiger partial charge is 0.502 e. The van der Waals surface area contributed by atoms with Crippen LogP contribution in [0.4, 0.5) is 15.8 Å². The Morgan fingerprint density at radius 3 is 2.50 bits per heavy atom. The maximum atomic E-state index is 13.6. The van der Waals surface area contributed by atoms with Gasteiger partial charge in [0.05, 0.1) is 15.5 Å². The number of phenolic OH excluding ortho intramolecular Hbond substituents is 1. The van der Waals surface area contributed by atoms with E-state index in [-0.39, 0.29) is 10.7 Å². The van der Waals surface area contributed by atoms with Gasteiger partial charge in [0.25, 0.3) is 10.0 Å². The molecule has 0 heterocycles. The number of halogens is 2. The van der Waals surface area contributed by atoms with Crippen LogP contribution in [0.3, 0.4) is 0 Å². The van der Waals surface area contributed by atoms with Crippen LogP contribution in [0.5, 0.6) is 5.75 Å². The Hall–Kier alpha value is -2.39. The van der Waals surface area contributed by atoms with Gasteiger partial charge < -0.3 is 5.11 Å². The highest BCUT2D eigenvalue weighted by atomic mass is 35.5. The van der Waals surface area contributed by atoms with Gasteiger partial charge in [0.1, 0.15) is 5.82 Å². The van der Waals surface area contributed by atoms with Crippen LogP contribution in [-0.4, -0.2) is 18.4 Å². The van der Waals surface area contributed by atoms with Gasteiger partial charge in [-0.1, -0.05) is 11.6 Å². The first-order chi connectivity index (χ1) is 10.2. The lowest BCUT2D eigenvalue weighted by Gasteiger charge is -2.09. The van der Waals surface area contributed by atoms with Crippen LogP contribution in [0.2, 0.25) is 5.02 Å². The van der Waals surface area contributed by atoms with E-state index in [2.05, 4.69) is 0 Å². The summed E-state index contributed by atoms with van der Waals surface area (Å²) in [5.74, 6) is -1.58. The van der Waals surface area contributed by atoms with Gasteiger partial charge in [0, 0.05) is 11.1 Å². The van der Waals surface area contributed by atoms with Crippen molar-refractivity contribution in [1.82, 2.24) is 0 Å². The molecule has 0 radical (unpaired) electrons. The Morgan fingerprint density at radius 2 is 1.91 bits per heavy atom. The molecule has 0 fully saturated rings. The maximum Gasteiger partial charge on any atom is 0.312 e. The maximum absolute atomic E-state index is 13.6. The minimum atomic E-state index is -4.27. The minimum absolute atomic E-state index is 0.0840. The number of anilines is 1. The Morgan fingerprint density at radius 1 is 1.23 bits per heavy atom. The molecule has 0 saturated heterocycles. The third-order valence-electron chi connectivity index (χ3n) is 2.63. The number of nitrogens with zero attached hydrogens (tertiary/aromatic N) is 1. The summed E-state index contributed by atoms with van der Waals surface area (Å²) in [6, 6.07) is 5.80. The predicted molar refractivity (Wildman–Crippen MR) is 77.0 cm³/mol. The summed E-state index contributed by atoms with van der Waals surface area (Å²) in [6.45, 7) is 0. The number of rotatable bonds is 4. The molecule has 0 aliphatic carbocycles. The van der Waals surface area contributed by atoms with E-state index in [9.17, 15) is 28.0 Å². The van der Waals surface area contributed by atoms with Crippen molar-refractivity contribution in [3.05, 3.63) is 57.4 Å². The molecule has 0 amide bonds. The topological polar surface area (TPSA) is 110 Å². The highest BCUT2D eigenvalue weighted by Gasteiger charge is 2.22. The van der Waals surface area contributed by atoms with Crippen molar-refractivity contribution in [1.29, 1.82) is 0 Å². The highest BCUT2D eigenvalue weighted by Crippen LogP contribution is 2.29. The lowest BCUT2D eigenvalue weighted by Crippen LogP contribution is -2.14. The van der Waals surface area contributed by atoms with E-state index < -0.39 is 37.1 Å². The van der Waals surface area contributed by atoms with Crippen molar-refractivity contribution in [3.63, 3.8) is 0 Å². The van der Waals surface area contributed by atoms with Crippen molar-refractivity contribution in [2.45, 2.75) is 4.90 Å². The van der Waals surface area contributed by atoms with Crippen LogP contribution in [0.15, 0.2) is 41.3 Å². The number of nitrogens with one attached hydrogen (secondary N) is 1. The first-order valence-corrected chi connectivity index (χ1v) is 7.52. The van der Waals surface area contributed by atoms with Crippen LogP contribution >= 0.6 is 11.6 Å². The molecule has 0 aromatic heterocycles. The number of aromatic hydroxyl groups is 1. The van der Waals surface area contributed by atoms with Gasteiger partial charge in [-0.05, 0) is 30.3 Å². The molecule has 0 unspecified atom stereocenters. The zero-order valence-electron chi connectivity index (χ0n) is 10.7. The summed E-state index contributed by atoms with van der Waals surface area (Å²) >= 11 is 5.56. The fourth-order valence-corrected chi connectivity index (χ4v) is 2.84. The Bertz CT molecular complexity index is 857. The van der Waals surface area contributed by atoms with Crippen molar-refractivity contribution < 1.29 is 22.8 Å². The van der Waals surface area contributed by atoms with E-state index in [1.54, 1.807) is 0 Å². The third-order valence-corrected chi connectivity index (χ3v) is 4.23. The lowest BCUT2D eigenvalue weighted by molar-refractivity contribution is -0.386. The molecule has 0 aliphatic rings. The van der Waals surface area contributed by atoms with Crippen LogP contribution < -0.4 is 4.72 Å². The molecule has 10 heteroatoms. The van der Waals surface area contributed by atoms with E-state index >= 15 is 0 Å². The second kappa shape index (κ2) is 5.78. The number of sulfonamides is 1. The Labute approximate surface area is 129 Å². The normalized spacial score (nSPS) is 11.2. The van der Waals surface area contributed by atoms with E-state index in [4.69, 9.17) is 11.6 Å². The second-order valence-electron chi connectivity index (χ2n) is 4.14. The molecule has 22 heavy (non-hydrogen) atoms. The number of hydrogen-bond acceptors (Lipinski definition) is 5. The van der Waals surface area contributed by atoms with Crippen molar-refractivity contribution >= 4 is 33.0 Å². The summed E-state index contributed by atoms with van der Waals surface area (Å²) in [6.07, 6.45) is 0. The molecular formula is C12H8ClFN2O5S. The van der Waals surface area contributed by atoms with Gasteiger partial charge in [0.15, 0.2) is 5.75 Å². The number of benzene rings is 2. The SMILES string of the molecule is O=[N+]([O-])c1cc(S(=O)(=O)Nc2ccc(Cl)cc2F)ccc1O. The van der Waals surface area contributed by atoms with Gasteiger partial charge in [-0.3, -0.25) is 14.8 Å². The third kappa shape index (κ3) is 3.26. The van der Waals surface area contributed by atoms with Crippen LogP contribution in [-0.2, 0) is 10.0 Å². The standard InChI is InChI=1S/C12H8ClFN2O5S/c13-7-1-3-10(9(14)5-7)15-22(20,21)8-2-4-12(17)11(6-8)16(18)19/h1-6,15,17H. The zero-order valence-corrected chi connectivity index (χ0v) is 12.2. The van der Waals surface area contributed by atoms with Gasteiger partial charge in [-0.25, -0.2) is 12.8 Å². The molecule has 2 aromatic carbocycles. The number of phenols is 1. The monoisotopic (exact) mass is 346 g/mol. The van der Waals surface area contributed by atoms with Crippen LogP contribution in [0, 0.1) is 15.9 Å². The molecule has 7 nitrogen and oxygen atoms in total. The van der Waals surface area contributed by atoms with Gasteiger partial charge in [-0.15, -0.1) is 0 Å². The molecule has 2 N–H and O–H groups in total. The number of hydrogen-bond donors (Lipinski definition) is 2. The molecular weight excluding hydrogens is 339 g/mol. The lowest BCUT2D eigenvalue weighted by atomic mass is 10.3. The number of nitro benzene ring substituents is 1.